The summed E-state index contributed by atoms with van der Waals surface area (Å²) in [6.07, 6.45) is 4.78. The van der Waals surface area contributed by atoms with E-state index in [4.69, 9.17) is 12.2 Å². The minimum absolute atomic E-state index is 0.180. The van der Waals surface area contributed by atoms with Crippen LogP contribution in [0.1, 0.15) is 61.4 Å². The van der Waals surface area contributed by atoms with Gasteiger partial charge >= 0.3 is 0 Å². The third-order valence-electron chi connectivity index (χ3n) is 3.82. The molecule has 1 aliphatic carbocycles. The highest BCUT2D eigenvalue weighted by atomic mass is 32.1. The first-order chi connectivity index (χ1) is 10.1. The second kappa shape index (κ2) is 7.41. The maximum absolute atomic E-state index is 12.0. The molecule has 0 aromatic heterocycles. The zero-order valence-electron chi connectivity index (χ0n) is 12.6. The van der Waals surface area contributed by atoms with Crippen molar-refractivity contribution in [3.8, 4) is 0 Å². The molecule has 0 aliphatic heterocycles. The fourth-order valence-corrected chi connectivity index (χ4v) is 2.71. The summed E-state index contributed by atoms with van der Waals surface area (Å²) in [4.78, 5) is 12.0. The van der Waals surface area contributed by atoms with Crippen molar-refractivity contribution in [3.05, 3.63) is 35.4 Å². The van der Waals surface area contributed by atoms with Gasteiger partial charge in [-0.3, -0.25) is 15.6 Å². The summed E-state index contributed by atoms with van der Waals surface area (Å²) in [6, 6.07) is 8.07. The van der Waals surface area contributed by atoms with Crippen molar-refractivity contribution in [1.29, 1.82) is 0 Å². The predicted octanol–water partition coefficient (Wildman–Crippen LogP) is 2.86. The molecule has 0 unspecified atom stereocenters. The van der Waals surface area contributed by atoms with Crippen LogP contribution in [0.15, 0.2) is 24.3 Å². The molecule has 4 nitrogen and oxygen atoms in total. The second-order valence-corrected chi connectivity index (χ2v) is 6.22. The van der Waals surface area contributed by atoms with Crippen molar-refractivity contribution < 1.29 is 4.79 Å². The van der Waals surface area contributed by atoms with Crippen LogP contribution in [-0.2, 0) is 0 Å². The van der Waals surface area contributed by atoms with Gasteiger partial charge < -0.3 is 5.32 Å². The molecule has 0 atom stereocenters. The third kappa shape index (κ3) is 4.70. The Balaban J connectivity index is 1.79. The largest absolute Gasteiger partial charge is 0.359 e. The molecule has 0 spiro atoms. The first kappa shape index (κ1) is 15.8. The summed E-state index contributed by atoms with van der Waals surface area (Å²) < 4.78 is 0. The molecular weight excluding hydrogens is 282 g/mol. The average molecular weight is 305 g/mol. The molecule has 0 radical (unpaired) electrons. The first-order valence-electron chi connectivity index (χ1n) is 7.53. The van der Waals surface area contributed by atoms with E-state index in [1.165, 1.54) is 18.4 Å². The van der Waals surface area contributed by atoms with Crippen molar-refractivity contribution >= 4 is 23.2 Å². The minimum atomic E-state index is -0.180. The molecule has 1 aromatic carbocycles. The molecular formula is C16H23N3OS. The summed E-state index contributed by atoms with van der Waals surface area (Å²) in [6.45, 7) is 4.26. The van der Waals surface area contributed by atoms with Crippen molar-refractivity contribution in [2.24, 2.45) is 0 Å². The molecule has 1 aliphatic rings. The lowest BCUT2D eigenvalue weighted by Gasteiger charge is -2.16. The van der Waals surface area contributed by atoms with Gasteiger partial charge in [0.15, 0.2) is 5.11 Å². The molecule has 1 fully saturated rings. The van der Waals surface area contributed by atoms with Gasteiger partial charge in [0, 0.05) is 11.6 Å². The Kier molecular flexibility index (Phi) is 5.56. The zero-order valence-corrected chi connectivity index (χ0v) is 13.4. The molecule has 2 rings (SSSR count). The number of hydrogen-bond donors (Lipinski definition) is 3. The molecule has 0 saturated heterocycles. The maximum Gasteiger partial charge on any atom is 0.269 e. The molecule has 0 heterocycles. The summed E-state index contributed by atoms with van der Waals surface area (Å²) in [5.74, 6) is 0.282. The molecule has 3 N–H and O–H groups in total. The molecule has 1 amide bonds. The van der Waals surface area contributed by atoms with Crippen LogP contribution in [0.4, 0.5) is 0 Å². The Morgan fingerprint density at radius 3 is 2.33 bits per heavy atom. The maximum atomic E-state index is 12.0. The fraction of sp³-hybridized carbons (Fsp3) is 0.500. The van der Waals surface area contributed by atoms with Gasteiger partial charge in [-0.1, -0.05) is 38.8 Å². The number of benzene rings is 1. The van der Waals surface area contributed by atoms with Crippen LogP contribution in [0.5, 0.6) is 0 Å². The lowest BCUT2D eigenvalue weighted by atomic mass is 10.0. The third-order valence-corrected chi connectivity index (χ3v) is 4.04. The molecule has 21 heavy (non-hydrogen) atoms. The van der Waals surface area contributed by atoms with E-state index in [1.54, 1.807) is 0 Å². The number of nitrogens with one attached hydrogen (secondary N) is 3. The number of carbonyl (C=O) groups excluding carboxylic acids is 1. The van der Waals surface area contributed by atoms with Gasteiger partial charge in [0.1, 0.15) is 0 Å². The second-order valence-electron chi connectivity index (χ2n) is 5.81. The number of amides is 1. The highest BCUT2D eigenvalue weighted by Crippen LogP contribution is 2.17. The summed E-state index contributed by atoms with van der Waals surface area (Å²) >= 11 is 5.18. The van der Waals surface area contributed by atoms with Gasteiger partial charge in [-0.25, -0.2) is 0 Å². The number of hydrogen-bond acceptors (Lipinski definition) is 2. The van der Waals surface area contributed by atoms with E-state index in [2.05, 4.69) is 30.0 Å². The number of thiocarbonyl (C=S) groups is 1. The number of rotatable bonds is 3. The van der Waals surface area contributed by atoms with Crippen LogP contribution in [0, 0.1) is 0 Å². The van der Waals surface area contributed by atoms with E-state index in [9.17, 15) is 4.79 Å². The lowest BCUT2D eigenvalue weighted by molar-refractivity contribution is 0.0943. The SMILES string of the molecule is CC(C)c1ccc(C(=O)NNC(=S)NC2CCCC2)cc1. The van der Waals surface area contributed by atoms with Gasteiger partial charge in [0.25, 0.3) is 5.91 Å². The van der Waals surface area contributed by atoms with E-state index in [0.717, 1.165) is 12.8 Å². The monoisotopic (exact) mass is 305 g/mol. The van der Waals surface area contributed by atoms with E-state index < -0.39 is 0 Å². The first-order valence-corrected chi connectivity index (χ1v) is 7.94. The topological polar surface area (TPSA) is 53.2 Å². The van der Waals surface area contributed by atoms with Crippen LogP contribution in [-0.4, -0.2) is 17.1 Å². The molecule has 5 heteroatoms. The molecule has 114 valence electrons. The van der Waals surface area contributed by atoms with E-state index in [0.29, 0.717) is 22.6 Å². The van der Waals surface area contributed by atoms with E-state index in [1.807, 2.05) is 24.3 Å². The van der Waals surface area contributed by atoms with Crippen molar-refractivity contribution in [3.63, 3.8) is 0 Å². The Hall–Kier alpha value is -1.62. The predicted molar refractivity (Wildman–Crippen MR) is 89.1 cm³/mol. The normalized spacial score (nSPS) is 15.0. The average Bonchev–Trinajstić information content (AvgIpc) is 2.97. The molecule has 0 bridgehead atoms. The van der Waals surface area contributed by atoms with Crippen molar-refractivity contribution in [2.45, 2.75) is 51.5 Å². The van der Waals surface area contributed by atoms with Crippen LogP contribution >= 0.6 is 12.2 Å². The van der Waals surface area contributed by atoms with Crippen molar-refractivity contribution in [1.82, 2.24) is 16.2 Å². The summed E-state index contributed by atoms with van der Waals surface area (Å²) in [5.41, 5.74) is 7.24. The van der Waals surface area contributed by atoms with E-state index >= 15 is 0 Å². The quantitative estimate of drug-likeness (QED) is 0.594. The van der Waals surface area contributed by atoms with Gasteiger partial charge in [-0.15, -0.1) is 0 Å². The summed E-state index contributed by atoms with van der Waals surface area (Å²) in [5, 5.41) is 3.70. The highest BCUT2D eigenvalue weighted by Gasteiger charge is 2.15. The molecule has 1 saturated carbocycles. The summed E-state index contributed by atoms with van der Waals surface area (Å²) in [7, 11) is 0. The lowest BCUT2D eigenvalue weighted by Crippen LogP contribution is -2.49. The zero-order chi connectivity index (χ0) is 15.2. The Labute approximate surface area is 131 Å². The van der Waals surface area contributed by atoms with Crippen LogP contribution in [0.2, 0.25) is 0 Å². The Bertz CT molecular complexity index is 493. The van der Waals surface area contributed by atoms with Crippen molar-refractivity contribution in [2.75, 3.05) is 0 Å². The highest BCUT2D eigenvalue weighted by molar-refractivity contribution is 7.80. The van der Waals surface area contributed by atoms with Crippen LogP contribution < -0.4 is 16.2 Å². The van der Waals surface area contributed by atoms with Gasteiger partial charge in [-0.2, -0.15) is 0 Å². The van der Waals surface area contributed by atoms with Gasteiger partial charge in [0.05, 0.1) is 0 Å². The minimum Gasteiger partial charge on any atom is -0.359 e. The van der Waals surface area contributed by atoms with Crippen LogP contribution in [0.25, 0.3) is 0 Å². The standard InChI is InChI=1S/C16H23N3OS/c1-11(2)12-7-9-13(10-8-12)15(20)18-19-16(21)17-14-5-3-4-6-14/h7-11,14H,3-6H2,1-2H3,(H,18,20)(H2,17,19,21). The smallest absolute Gasteiger partial charge is 0.269 e. The molecule has 1 aromatic rings. The Morgan fingerprint density at radius 1 is 1.14 bits per heavy atom. The number of carbonyl (C=O) groups is 1. The number of hydrazine groups is 1. The van der Waals surface area contributed by atoms with Gasteiger partial charge in [0.2, 0.25) is 0 Å². The van der Waals surface area contributed by atoms with E-state index in [-0.39, 0.29) is 5.91 Å². The van der Waals surface area contributed by atoms with Crippen LogP contribution in [0.3, 0.4) is 0 Å². The van der Waals surface area contributed by atoms with Gasteiger partial charge in [-0.05, 0) is 48.7 Å². The Morgan fingerprint density at radius 2 is 1.76 bits per heavy atom. The fourth-order valence-electron chi connectivity index (χ4n) is 2.50.